The van der Waals surface area contributed by atoms with Crippen LogP contribution in [0.4, 0.5) is 0 Å². The first-order valence-corrected chi connectivity index (χ1v) is 9.90. The number of carboxylic acid groups (broad SMARTS) is 1. The van der Waals surface area contributed by atoms with E-state index < -0.39 is 16.0 Å². The first-order valence-electron chi connectivity index (χ1n) is 8.36. The van der Waals surface area contributed by atoms with Gasteiger partial charge in [0, 0.05) is 12.0 Å². The van der Waals surface area contributed by atoms with E-state index in [0.717, 1.165) is 24.7 Å². The minimum absolute atomic E-state index is 0.0694. The van der Waals surface area contributed by atoms with E-state index in [9.17, 15) is 13.2 Å². The Hall–Kier alpha value is -0.880. The summed E-state index contributed by atoms with van der Waals surface area (Å²) >= 11 is 0. The van der Waals surface area contributed by atoms with Crippen LogP contribution in [0.1, 0.15) is 77.6 Å². The average molecular weight is 333 g/mol. The molecule has 0 aromatic carbocycles. The van der Waals surface area contributed by atoms with Gasteiger partial charge in [0.1, 0.15) is 0 Å². The molecule has 0 saturated heterocycles. The molecule has 6 heteroatoms. The SMILES string of the molecule is CCCCCCCCCCC/C=C/S(=O)(=O)NCCC(=O)O. The van der Waals surface area contributed by atoms with Crippen LogP contribution >= 0.6 is 0 Å². The third-order valence-electron chi connectivity index (χ3n) is 3.39. The number of allylic oxidation sites excluding steroid dienone is 1. The number of rotatable bonds is 15. The highest BCUT2D eigenvalue weighted by atomic mass is 32.2. The Morgan fingerprint density at radius 1 is 1.00 bits per heavy atom. The maximum absolute atomic E-state index is 11.5. The van der Waals surface area contributed by atoms with Gasteiger partial charge in [0.05, 0.1) is 6.42 Å². The summed E-state index contributed by atoms with van der Waals surface area (Å²) in [6.45, 7) is 2.15. The number of aliphatic carboxylic acids is 1. The molecule has 0 fully saturated rings. The summed E-state index contributed by atoms with van der Waals surface area (Å²) in [5.41, 5.74) is 0. The molecule has 0 amide bonds. The second kappa shape index (κ2) is 13.8. The van der Waals surface area contributed by atoms with Gasteiger partial charge in [-0.2, -0.15) is 0 Å². The number of carbonyl (C=O) groups is 1. The van der Waals surface area contributed by atoms with Crippen LogP contribution in [0.3, 0.4) is 0 Å². The fourth-order valence-electron chi connectivity index (χ4n) is 2.12. The Balaban J connectivity index is 3.51. The second-order valence-electron chi connectivity index (χ2n) is 5.57. The first-order chi connectivity index (χ1) is 10.5. The fraction of sp³-hybridized carbons (Fsp3) is 0.812. The molecule has 0 spiro atoms. The molecule has 5 nitrogen and oxygen atoms in total. The van der Waals surface area contributed by atoms with Crippen LogP contribution < -0.4 is 4.72 Å². The molecule has 0 unspecified atom stereocenters. The molecule has 0 radical (unpaired) electrons. The van der Waals surface area contributed by atoms with Crippen molar-refractivity contribution in [2.24, 2.45) is 0 Å². The highest BCUT2D eigenvalue weighted by Crippen LogP contribution is 2.10. The zero-order valence-electron chi connectivity index (χ0n) is 13.7. The highest BCUT2D eigenvalue weighted by Gasteiger charge is 2.05. The summed E-state index contributed by atoms with van der Waals surface area (Å²) in [6, 6.07) is 0. The molecule has 0 rings (SSSR count). The maximum atomic E-state index is 11.5. The number of nitrogens with one attached hydrogen (secondary N) is 1. The van der Waals surface area contributed by atoms with Gasteiger partial charge in [-0.3, -0.25) is 4.79 Å². The van der Waals surface area contributed by atoms with Gasteiger partial charge in [0.2, 0.25) is 10.0 Å². The largest absolute Gasteiger partial charge is 0.481 e. The molecule has 2 N–H and O–H groups in total. The number of hydrogen-bond donors (Lipinski definition) is 2. The van der Waals surface area contributed by atoms with E-state index in [1.807, 2.05) is 0 Å². The Labute approximate surface area is 135 Å². The third-order valence-corrected chi connectivity index (χ3v) is 4.55. The molecule has 0 bridgehead atoms. The third kappa shape index (κ3) is 15.5. The predicted molar refractivity (Wildman–Crippen MR) is 90.2 cm³/mol. The lowest BCUT2D eigenvalue weighted by Gasteiger charge is -2.01. The van der Waals surface area contributed by atoms with E-state index in [4.69, 9.17) is 5.11 Å². The zero-order valence-corrected chi connectivity index (χ0v) is 14.5. The van der Waals surface area contributed by atoms with Gasteiger partial charge in [-0.25, -0.2) is 13.1 Å². The smallest absolute Gasteiger partial charge is 0.304 e. The minimum atomic E-state index is -3.48. The standard InChI is InChI=1S/C16H31NO4S/c1-2-3-4-5-6-7-8-9-10-11-12-15-22(20,21)17-14-13-16(18)19/h12,15,17H,2-11,13-14H2,1H3,(H,18,19)/b15-12+. The number of sulfonamides is 1. The van der Waals surface area contributed by atoms with E-state index in [2.05, 4.69) is 11.6 Å². The van der Waals surface area contributed by atoms with Gasteiger partial charge in [-0.05, 0) is 12.8 Å². The van der Waals surface area contributed by atoms with E-state index in [1.165, 1.54) is 44.9 Å². The van der Waals surface area contributed by atoms with Gasteiger partial charge in [-0.15, -0.1) is 0 Å². The van der Waals surface area contributed by atoms with Gasteiger partial charge in [0.25, 0.3) is 0 Å². The van der Waals surface area contributed by atoms with Crippen LogP contribution in [0.25, 0.3) is 0 Å². The topological polar surface area (TPSA) is 83.5 Å². The van der Waals surface area contributed by atoms with E-state index in [0.29, 0.717) is 0 Å². The Bertz CT molecular complexity index is 404. The molecule has 0 aliphatic heterocycles. The Kier molecular flexibility index (Phi) is 13.2. The van der Waals surface area contributed by atoms with Gasteiger partial charge in [-0.1, -0.05) is 64.4 Å². The maximum Gasteiger partial charge on any atom is 0.304 e. The summed E-state index contributed by atoms with van der Waals surface area (Å²) < 4.78 is 25.2. The molecular formula is C16H31NO4S. The van der Waals surface area contributed by atoms with Crippen molar-refractivity contribution in [3.63, 3.8) is 0 Å². The van der Waals surface area contributed by atoms with Crippen molar-refractivity contribution in [2.45, 2.75) is 77.6 Å². The fourth-order valence-corrected chi connectivity index (χ4v) is 2.99. The quantitative estimate of drug-likeness (QED) is 0.446. The molecule has 0 aliphatic rings. The summed E-state index contributed by atoms with van der Waals surface area (Å²) in [4.78, 5) is 10.3. The average Bonchev–Trinajstić information content (AvgIpc) is 2.44. The molecule has 22 heavy (non-hydrogen) atoms. The number of hydrogen-bond acceptors (Lipinski definition) is 3. The molecule has 0 aliphatic carbocycles. The van der Waals surface area contributed by atoms with Gasteiger partial charge >= 0.3 is 5.97 Å². The van der Waals surface area contributed by atoms with Crippen molar-refractivity contribution >= 4 is 16.0 Å². The van der Waals surface area contributed by atoms with E-state index in [-0.39, 0.29) is 13.0 Å². The van der Waals surface area contributed by atoms with Crippen LogP contribution in [0, 0.1) is 0 Å². The summed E-state index contributed by atoms with van der Waals surface area (Å²) in [5, 5.41) is 9.57. The van der Waals surface area contributed by atoms with Gasteiger partial charge < -0.3 is 5.11 Å². The lowest BCUT2D eigenvalue weighted by molar-refractivity contribution is -0.136. The lowest BCUT2D eigenvalue weighted by Crippen LogP contribution is -2.24. The summed E-state index contributed by atoms with van der Waals surface area (Å²) in [6.07, 6.45) is 13.4. The van der Waals surface area contributed by atoms with Crippen molar-refractivity contribution < 1.29 is 18.3 Å². The lowest BCUT2D eigenvalue weighted by atomic mass is 10.1. The Morgan fingerprint density at radius 3 is 2.09 bits per heavy atom. The number of carboxylic acids is 1. The predicted octanol–water partition coefficient (Wildman–Crippen LogP) is 3.82. The number of unbranched alkanes of at least 4 members (excludes halogenated alkanes) is 9. The minimum Gasteiger partial charge on any atom is -0.481 e. The molecule has 0 saturated carbocycles. The Morgan fingerprint density at radius 2 is 1.55 bits per heavy atom. The monoisotopic (exact) mass is 333 g/mol. The highest BCUT2D eigenvalue weighted by molar-refractivity contribution is 7.92. The summed E-state index contributed by atoms with van der Waals surface area (Å²) in [5.74, 6) is -1.01. The zero-order chi connectivity index (χ0) is 16.7. The van der Waals surface area contributed by atoms with Crippen LogP contribution in [-0.4, -0.2) is 26.0 Å². The second-order valence-corrected chi connectivity index (χ2v) is 7.22. The normalized spacial score (nSPS) is 12.0. The first kappa shape index (κ1) is 21.1. The van der Waals surface area contributed by atoms with Crippen molar-refractivity contribution in [3.05, 3.63) is 11.5 Å². The van der Waals surface area contributed by atoms with Crippen molar-refractivity contribution in [2.75, 3.05) is 6.54 Å². The molecular weight excluding hydrogens is 302 g/mol. The summed E-state index contributed by atoms with van der Waals surface area (Å²) in [7, 11) is -3.48. The molecule has 130 valence electrons. The van der Waals surface area contributed by atoms with Crippen LogP contribution in [0.5, 0.6) is 0 Å². The van der Waals surface area contributed by atoms with Crippen molar-refractivity contribution in [3.8, 4) is 0 Å². The van der Waals surface area contributed by atoms with Crippen molar-refractivity contribution in [1.29, 1.82) is 0 Å². The van der Waals surface area contributed by atoms with E-state index >= 15 is 0 Å². The van der Waals surface area contributed by atoms with Crippen LogP contribution in [0.15, 0.2) is 11.5 Å². The molecule has 0 heterocycles. The van der Waals surface area contributed by atoms with E-state index in [1.54, 1.807) is 6.08 Å². The van der Waals surface area contributed by atoms with Gasteiger partial charge in [0.15, 0.2) is 0 Å². The molecule has 0 aromatic heterocycles. The van der Waals surface area contributed by atoms with Crippen LogP contribution in [-0.2, 0) is 14.8 Å². The van der Waals surface area contributed by atoms with Crippen LogP contribution in [0.2, 0.25) is 0 Å². The molecule has 0 atom stereocenters. The van der Waals surface area contributed by atoms with Crippen molar-refractivity contribution in [1.82, 2.24) is 4.72 Å². The molecule has 0 aromatic rings.